The van der Waals surface area contributed by atoms with E-state index >= 15 is 0 Å². The fraction of sp³-hybridized carbons (Fsp3) is 0.111. The highest BCUT2D eigenvalue weighted by Gasteiger charge is 2.28. The second-order valence-corrected chi connectivity index (χ2v) is 7.87. The van der Waals surface area contributed by atoms with Gasteiger partial charge in [0, 0.05) is 29.9 Å². The maximum atomic E-state index is 11.8. The number of nitrogens with zero attached hydrogens (tertiary/aromatic N) is 2. The van der Waals surface area contributed by atoms with Gasteiger partial charge in [-0.2, -0.15) is 5.10 Å². The molecule has 0 aliphatic carbocycles. The summed E-state index contributed by atoms with van der Waals surface area (Å²) < 4.78 is 8.33. The van der Waals surface area contributed by atoms with Gasteiger partial charge in [-0.25, -0.2) is 0 Å². The molecule has 0 N–H and O–H groups in total. The molecule has 0 saturated heterocycles. The molecule has 0 unspecified atom stereocenters. The Balaban J connectivity index is 1.80. The minimum Gasteiger partial charge on any atom is -0.455 e. The molecule has 31 heavy (non-hydrogen) atoms. The number of aryl methyl sites for hydroxylation is 2. The Labute approximate surface area is 181 Å². The predicted octanol–water partition coefficient (Wildman–Crippen LogP) is 5.91. The van der Waals surface area contributed by atoms with Gasteiger partial charge >= 0.3 is 0 Å². The third-order valence-electron chi connectivity index (χ3n) is 5.58. The van der Waals surface area contributed by atoms with Gasteiger partial charge in [-0.15, -0.1) is 0 Å². The van der Waals surface area contributed by atoms with Crippen LogP contribution in [0.3, 0.4) is 0 Å². The van der Waals surface area contributed by atoms with Gasteiger partial charge in [0.2, 0.25) is 0 Å². The van der Waals surface area contributed by atoms with Crippen molar-refractivity contribution in [1.29, 1.82) is 0 Å². The zero-order valence-electron chi connectivity index (χ0n) is 17.7. The molecule has 0 atom stereocenters. The molecule has 0 bridgehead atoms. The van der Waals surface area contributed by atoms with Crippen LogP contribution >= 0.6 is 0 Å². The number of benzene rings is 3. The quantitative estimate of drug-likeness (QED) is 0.398. The fourth-order valence-electron chi connectivity index (χ4n) is 3.98. The SMILES string of the molecule is CC(=O)c1ccc(/C(=C2/Oc3ccccc3-c3nn(C)cc32)c2ccc(C)cc2)cc1. The molecule has 1 aliphatic heterocycles. The molecule has 0 saturated carbocycles. The van der Waals surface area contributed by atoms with Gasteiger partial charge < -0.3 is 4.74 Å². The van der Waals surface area contributed by atoms with E-state index < -0.39 is 0 Å². The molecule has 4 heteroatoms. The number of carbonyl (C=O) groups excluding carboxylic acids is 1. The Morgan fingerprint density at radius 1 is 0.839 bits per heavy atom. The van der Waals surface area contributed by atoms with E-state index in [2.05, 4.69) is 31.2 Å². The van der Waals surface area contributed by atoms with E-state index in [4.69, 9.17) is 9.84 Å². The zero-order valence-corrected chi connectivity index (χ0v) is 17.7. The summed E-state index contributed by atoms with van der Waals surface area (Å²) >= 11 is 0. The Kier molecular flexibility index (Phi) is 4.55. The number of fused-ring (bicyclic) bond motifs is 3. The number of rotatable bonds is 3. The Bertz CT molecular complexity index is 1330. The predicted molar refractivity (Wildman–Crippen MR) is 123 cm³/mol. The average Bonchev–Trinajstić information content (AvgIpc) is 3.17. The highest BCUT2D eigenvalue weighted by molar-refractivity contribution is 6.02. The highest BCUT2D eigenvalue weighted by Crippen LogP contribution is 2.45. The minimum absolute atomic E-state index is 0.0495. The van der Waals surface area contributed by atoms with Gasteiger partial charge in [0.1, 0.15) is 17.2 Å². The van der Waals surface area contributed by atoms with Gasteiger partial charge in [-0.1, -0.05) is 66.2 Å². The highest BCUT2D eigenvalue weighted by atomic mass is 16.5. The number of para-hydroxylation sites is 1. The Morgan fingerprint density at radius 3 is 2.13 bits per heavy atom. The van der Waals surface area contributed by atoms with Crippen LogP contribution < -0.4 is 4.74 Å². The molecule has 152 valence electrons. The van der Waals surface area contributed by atoms with Gasteiger partial charge in [-0.3, -0.25) is 9.48 Å². The first kappa shape index (κ1) is 19.1. The van der Waals surface area contributed by atoms with E-state index in [1.165, 1.54) is 5.56 Å². The fourth-order valence-corrected chi connectivity index (χ4v) is 3.98. The summed E-state index contributed by atoms with van der Waals surface area (Å²) in [7, 11) is 1.92. The number of ether oxygens (including phenoxy) is 1. The van der Waals surface area contributed by atoms with Gasteiger partial charge in [0.05, 0.1) is 5.56 Å². The van der Waals surface area contributed by atoms with Crippen LogP contribution in [-0.2, 0) is 7.05 Å². The summed E-state index contributed by atoms with van der Waals surface area (Å²) in [5, 5.41) is 4.72. The van der Waals surface area contributed by atoms with Crippen LogP contribution in [0.25, 0.3) is 22.6 Å². The van der Waals surface area contributed by atoms with Crippen LogP contribution in [0.5, 0.6) is 5.75 Å². The molecule has 2 heterocycles. The Hall–Kier alpha value is -3.92. The Morgan fingerprint density at radius 2 is 1.45 bits per heavy atom. The van der Waals surface area contributed by atoms with Crippen molar-refractivity contribution in [2.75, 3.05) is 0 Å². The molecular formula is C27H22N2O2. The molecule has 3 aromatic carbocycles. The number of aromatic nitrogens is 2. The molecule has 1 aromatic heterocycles. The number of carbonyl (C=O) groups is 1. The summed E-state index contributed by atoms with van der Waals surface area (Å²) in [4.78, 5) is 11.8. The average molecular weight is 406 g/mol. The second kappa shape index (κ2) is 7.40. The van der Waals surface area contributed by atoms with Crippen molar-refractivity contribution in [3.8, 4) is 17.0 Å². The van der Waals surface area contributed by atoms with E-state index in [1.807, 2.05) is 66.5 Å². The first-order valence-electron chi connectivity index (χ1n) is 10.3. The van der Waals surface area contributed by atoms with Crippen molar-refractivity contribution in [2.45, 2.75) is 13.8 Å². The lowest BCUT2D eigenvalue weighted by Crippen LogP contribution is -2.07. The third kappa shape index (κ3) is 3.36. The van der Waals surface area contributed by atoms with Crippen LogP contribution in [0.1, 0.15) is 39.5 Å². The van der Waals surface area contributed by atoms with Gasteiger partial charge in [-0.05, 0) is 37.1 Å². The molecule has 1 aliphatic rings. The van der Waals surface area contributed by atoms with E-state index in [0.717, 1.165) is 45.0 Å². The number of hydrogen-bond acceptors (Lipinski definition) is 3. The van der Waals surface area contributed by atoms with Crippen molar-refractivity contribution in [2.24, 2.45) is 7.05 Å². The number of hydrogen-bond donors (Lipinski definition) is 0. The van der Waals surface area contributed by atoms with Crippen LogP contribution in [0.15, 0.2) is 79.0 Å². The van der Waals surface area contributed by atoms with Crippen molar-refractivity contribution >= 4 is 17.1 Å². The van der Waals surface area contributed by atoms with Crippen molar-refractivity contribution in [1.82, 2.24) is 9.78 Å². The lowest BCUT2D eigenvalue weighted by atomic mass is 9.91. The summed E-state index contributed by atoms with van der Waals surface area (Å²) in [5.41, 5.74) is 7.72. The molecule has 5 rings (SSSR count). The summed E-state index contributed by atoms with van der Waals surface area (Å²) in [6, 6.07) is 24.1. The topological polar surface area (TPSA) is 44.1 Å². The lowest BCUT2D eigenvalue weighted by molar-refractivity contribution is 0.101. The van der Waals surface area contributed by atoms with Crippen LogP contribution in [0.2, 0.25) is 0 Å². The van der Waals surface area contributed by atoms with Crippen LogP contribution in [-0.4, -0.2) is 15.6 Å². The summed E-state index contributed by atoms with van der Waals surface area (Å²) in [6.45, 7) is 3.66. The largest absolute Gasteiger partial charge is 0.455 e. The molecule has 0 spiro atoms. The first-order chi connectivity index (χ1) is 15.0. The monoisotopic (exact) mass is 406 g/mol. The van der Waals surface area contributed by atoms with Gasteiger partial charge in [0.25, 0.3) is 0 Å². The molecular weight excluding hydrogens is 384 g/mol. The van der Waals surface area contributed by atoms with E-state index in [1.54, 1.807) is 6.92 Å². The summed E-state index contributed by atoms with van der Waals surface area (Å²) in [6.07, 6.45) is 2.00. The normalized spacial score (nSPS) is 13.8. The minimum atomic E-state index is 0.0495. The standard InChI is InChI=1S/C27H22N2O2/c1-17-8-10-20(11-9-17)25(21-14-12-19(13-15-21)18(2)30)27-23-16-29(3)28-26(23)22-6-4-5-7-24(22)31-27/h4-16H,1-3H3/b27-25+. The van der Waals surface area contributed by atoms with Crippen molar-refractivity contribution in [3.63, 3.8) is 0 Å². The smallest absolute Gasteiger partial charge is 0.159 e. The first-order valence-corrected chi connectivity index (χ1v) is 10.3. The van der Waals surface area contributed by atoms with E-state index in [-0.39, 0.29) is 5.78 Å². The summed E-state index contributed by atoms with van der Waals surface area (Å²) in [5.74, 6) is 1.60. The number of Topliss-reactive ketones (excluding diaryl/α,β-unsaturated/α-hetero) is 1. The lowest BCUT2D eigenvalue weighted by Gasteiger charge is -2.23. The van der Waals surface area contributed by atoms with E-state index in [9.17, 15) is 4.79 Å². The van der Waals surface area contributed by atoms with Crippen LogP contribution in [0, 0.1) is 6.92 Å². The molecule has 4 nitrogen and oxygen atoms in total. The molecule has 0 radical (unpaired) electrons. The maximum absolute atomic E-state index is 11.8. The third-order valence-corrected chi connectivity index (χ3v) is 5.58. The molecule has 4 aromatic rings. The van der Waals surface area contributed by atoms with Crippen LogP contribution in [0.4, 0.5) is 0 Å². The zero-order chi connectivity index (χ0) is 21.5. The van der Waals surface area contributed by atoms with Gasteiger partial charge in [0.15, 0.2) is 5.78 Å². The van der Waals surface area contributed by atoms with Crippen molar-refractivity contribution in [3.05, 3.63) is 107 Å². The molecule has 0 amide bonds. The van der Waals surface area contributed by atoms with E-state index in [0.29, 0.717) is 5.56 Å². The molecule has 0 fully saturated rings. The maximum Gasteiger partial charge on any atom is 0.159 e. The second-order valence-electron chi connectivity index (χ2n) is 7.87. The number of ketones is 1. The van der Waals surface area contributed by atoms with Crippen molar-refractivity contribution < 1.29 is 9.53 Å².